The number of thiophene rings is 1. The lowest BCUT2D eigenvalue weighted by atomic mass is 9.74. The summed E-state index contributed by atoms with van der Waals surface area (Å²) in [5.74, 6) is -0.534. The number of carbonyl (C=O) groups excluding carboxylic acids is 1. The van der Waals surface area contributed by atoms with Crippen molar-refractivity contribution in [3.63, 3.8) is 0 Å². The van der Waals surface area contributed by atoms with E-state index in [0.29, 0.717) is 29.7 Å². The van der Waals surface area contributed by atoms with E-state index < -0.39 is 15.8 Å². The van der Waals surface area contributed by atoms with Gasteiger partial charge in [0.05, 0.1) is 12.3 Å². The molecule has 1 aliphatic carbocycles. The Bertz CT molecular complexity index is 744. The van der Waals surface area contributed by atoms with Crippen LogP contribution in [0.4, 0.5) is 0 Å². The second-order valence-electron chi connectivity index (χ2n) is 6.13. The Morgan fingerprint density at radius 1 is 1.41 bits per heavy atom. The summed E-state index contributed by atoms with van der Waals surface area (Å²) in [6.07, 6.45) is 2.06. The summed E-state index contributed by atoms with van der Waals surface area (Å²) in [5.41, 5.74) is 1.05. The Morgan fingerprint density at radius 3 is 2.55 bits per heavy atom. The molecule has 122 valence electrons. The average molecular weight is 345 g/mol. The number of rotatable bonds is 3. The molecule has 8 heteroatoms. The highest BCUT2D eigenvalue weighted by Gasteiger charge is 2.39. The van der Waals surface area contributed by atoms with Gasteiger partial charge in [-0.2, -0.15) is 0 Å². The number of nitrogens with zero attached hydrogens (tertiary/aromatic N) is 1. The molecular formula is C14H19NO5S2. The zero-order valence-electron chi connectivity index (χ0n) is 13.0. The molecule has 0 radical (unpaired) electrons. The Labute approximate surface area is 133 Å². The molecule has 1 aromatic rings. The quantitative estimate of drug-likeness (QED) is 0.516. The van der Waals surface area contributed by atoms with Gasteiger partial charge in [-0.15, -0.1) is 11.3 Å². The van der Waals surface area contributed by atoms with E-state index in [-0.39, 0.29) is 21.1 Å². The van der Waals surface area contributed by atoms with Crippen LogP contribution < -0.4 is 0 Å². The molecule has 1 aliphatic rings. The first kappa shape index (κ1) is 17.0. The fourth-order valence-corrected chi connectivity index (χ4v) is 5.13. The molecule has 0 amide bonds. The normalized spacial score (nSPS) is 19.0. The third-order valence-electron chi connectivity index (χ3n) is 3.48. The summed E-state index contributed by atoms with van der Waals surface area (Å²) in [7, 11) is -3.53. The molecule has 0 unspecified atom stereocenters. The van der Waals surface area contributed by atoms with Gasteiger partial charge < -0.3 is 9.94 Å². The van der Waals surface area contributed by atoms with Gasteiger partial charge >= 0.3 is 5.97 Å². The predicted octanol–water partition coefficient (Wildman–Crippen LogP) is 2.48. The van der Waals surface area contributed by atoms with Gasteiger partial charge in [0, 0.05) is 11.8 Å². The molecule has 0 saturated heterocycles. The van der Waals surface area contributed by atoms with Crippen LogP contribution in [0.1, 0.15) is 48.0 Å². The molecule has 0 spiro atoms. The number of hydrogen-bond donors (Lipinski definition) is 1. The standard InChI is InChI=1S/C14H19NO5S2/c1-5-20-12(16)11-8-6-14(2,3)7-9(15-17)10(8)13(21-11)22(4,18)19/h17H,5-7H2,1-4H3. The van der Waals surface area contributed by atoms with Crippen LogP contribution in [0.5, 0.6) is 0 Å². The SMILES string of the molecule is CCOC(=O)c1sc(S(C)(=O)=O)c2c1CC(C)(C)CC2=NO. The zero-order chi connectivity index (χ0) is 16.7. The van der Waals surface area contributed by atoms with Gasteiger partial charge in [0.25, 0.3) is 0 Å². The van der Waals surface area contributed by atoms with Crippen LogP contribution in [0.15, 0.2) is 9.36 Å². The van der Waals surface area contributed by atoms with E-state index in [1.54, 1.807) is 6.92 Å². The van der Waals surface area contributed by atoms with Crippen LogP contribution in [0.3, 0.4) is 0 Å². The predicted molar refractivity (Wildman–Crippen MR) is 83.8 cm³/mol. The lowest BCUT2D eigenvalue weighted by Crippen LogP contribution is -2.28. The first-order valence-electron chi connectivity index (χ1n) is 6.85. The van der Waals surface area contributed by atoms with E-state index in [1.165, 1.54) is 0 Å². The fraction of sp³-hybridized carbons (Fsp3) is 0.571. The molecule has 6 nitrogen and oxygen atoms in total. The molecule has 0 aromatic carbocycles. The van der Waals surface area contributed by atoms with Gasteiger partial charge in [0.2, 0.25) is 0 Å². The highest BCUT2D eigenvalue weighted by Crippen LogP contribution is 2.43. The topological polar surface area (TPSA) is 93.0 Å². The molecule has 0 aliphatic heterocycles. The summed E-state index contributed by atoms with van der Waals surface area (Å²) in [5, 5.41) is 12.6. The first-order valence-corrected chi connectivity index (χ1v) is 9.55. The van der Waals surface area contributed by atoms with Gasteiger partial charge in [0.1, 0.15) is 9.09 Å². The van der Waals surface area contributed by atoms with Crippen LogP contribution in [-0.2, 0) is 21.0 Å². The Kier molecular flexibility index (Phi) is 4.36. The lowest BCUT2D eigenvalue weighted by molar-refractivity contribution is 0.0530. The summed E-state index contributed by atoms with van der Waals surface area (Å²) in [4.78, 5) is 12.4. The number of sulfone groups is 1. The van der Waals surface area contributed by atoms with Crippen molar-refractivity contribution >= 4 is 32.9 Å². The molecule has 0 bridgehead atoms. The summed E-state index contributed by atoms with van der Waals surface area (Å²) in [6.45, 7) is 5.87. The molecule has 0 saturated carbocycles. The molecular weight excluding hydrogens is 326 g/mol. The minimum absolute atomic E-state index is 0.0638. The van der Waals surface area contributed by atoms with Crippen molar-refractivity contribution < 1.29 is 23.2 Å². The average Bonchev–Trinajstić information content (AvgIpc) is 2.75. The molecule has 22 heavy (non-hydrogen) atoms. The van der Waals surface area contributed by atoms with Gasteiger partial charge in [0.15, 0.2) is 9.84 Å². The minimum Gasteiger partial charge on any atom is -0.462 e. The molecule has 1 heterocycles. The number of ether oxygens (including phenoxy) is 1. The minimum atomic E-state index is -3.53. The van der Waals surface area contributed by atoms with Crippen LogP contribution >= 0.6 is 11.3 Å². The van der Waals surface area contributed by atoms with Gasteiger partial charge in [-0.3, -0.25) is 0 Å². The third-order valence-corrected chi connectivity index (χ3v) is 6.53. The monoisotopic (exact) mass is 345 g/mol. The van der Waals surface area contributed by atoms with E-state index >= 15 is 0 Å². The number of hydrogen-bond acceptors (Lipinski definition) is 7. The highest BCUT2D eigenvalue weighted by molar-refractivity contribution is 7.92. The number of fused-ring (bicyclic) bond motifs is 1. The van der Waals surface area contributed by atoms with Gasteiger partial charge in [-0.25, -0.2) is 13.2 Å². The Morgan fingerprint density at radius 2 is 2.05 bits per heavy atom. The van der Waals surface area contributed by atoms with Crippen LogP contribution in [0, 0.1) is 5.41 Å². The first-order chi connectivity index (χ1) is 10.1. The van der Waals surface area contributed by atoms with Crippen LogP contribution in [0.2, 0.25) is 0 Å². The second kappa shape index (κ2) is 5.66. The largest absolute Gasteiger partial charge is 0.462 e. The van der Waals surface area contributed by atoms with E-state index in [4.69, 9.17) is 4.74 Å². The molecule has 1 aromatic heterocycles. The van der Waals surface area contributed by atoms with Crippen molar-refractivity contribution in [2.75, 3.05) is 12.9 Å². The second-order valence-corrected chi connectivity index (χ2v) is 9.36. The highest BCUT2D eigenvalue weighted by atomic mass is 32.2. The van der Waals surface area contributed by atoms with Crippen molar-refractivity contribution in [1.82, 2.24) is 0 Å². The zero-order valence-corrected chi connectivity index (χ0v) is 14.6. The summed E-state index contributed by atoms with van der Waals surface area (Å²) < 4.78 is 29.2. The van der Waals surface area contributed by atoms with Crippen LogP contribution in [-0.4, -0.2) is 38.2 Å². The van der Waals surface area contributed by atoms with Crippen molar-refractivity contribution in [2.24, 2.45) is 10.6 Å². The van der Waals surface area contributed by atoms with E-state index in [1.807, 2.05) is 13.8 Å². The van der Waals surface area contributed by atoms with Crippen molar-refractivity contribution in [2.45, 2.75) is 37.8 Å². The number of oxime groups is 1. The number of esters is 1. The Hall–Kier alpha value is -1.41. The maximum Gasteiger partial charge on any atom is 0.348 e. The summed E-state index contributed by atoms with van der Waals surface area (Å²) >= 11 is 0.896. The molecule has 1 N–H and O–H groups in total. The van der Waals surface area contributed by atoms with E-state index in [0.717, 1.165) is 17.6 Å². The smallest absolute Gasteiger partial charge is 0.348 e. The van der Waals surface area contributed by atoms with Crippen molar-refractivity contribution in [1.29, 1.82) is 0 Å². The van der Waals surface area contributed by atoms with Crippen molar-refractivity contribution in [3.05, 3.63) is 16.0 Å². The fourth-order valence-electron chi connectivity index (χ4n) is 2.69. The molecule has 0 atom stereocenters. The summed E-state index contributed by atoms with van der Waals surface area (Å²) in [6, 6.07) is 0. The lowest BCUT2D eigenvalue weighted by Gasteiger charge is -2.30. The van der Waals surface area contributed by atoms with Crippen molar-refractivity contribution in [3.8, 4) is 0 Å². The Balaban J connectivity index is 2.76. The van der Waals surface area contributed by atoms with E-state index in [2.05, 4.69) is 5.16 Å². The van der Waals surface area contributed by atoms with E-state index in [9.17, 15) is 18.4 Å². The molecule has 2 rings (SSSR count). The third kappa shape index (κ3) is 3.03. The van der Waals surface area contributed by atoms with Gasteiger partial charge in [-0.05, 0) is 30.7 Å². The molecule has 0 fully saturated rings. The number of carbonyl (C=O) groups is 1. The van der Waals surface area contributed by atoms with Gasteiger partial charge in [-0.1, -0.05) is 19.0 Å². The van der Waals surface area contributed by atoms with Crippen LogP contribution in [0.25, 0.3) is 0 Å². The maximum absolute atomic E-state index is 12.2. The maximum atomic E-state index is 12.2.